The molecule has 5 rings (SSSR count). The molecule has 1 aromatic rings. The highest BCUT2D eigenvalue weighted by Crippen LogP contribution is 2.73. The first-order valence-electron chi connectivity index (χ1n) is 7.31. The average Bonchev–Trinajstić information content (AvgIpc) is 3.05. The van der Waals surface area contributed by atoms with Crippen molar-refractivity contribution < 1.29 is 9.59 Å². The fourth-order valence-corrected chi connectivity index (χ4v) is 4.97. The van der Waals surface area contributed by atoms with E-state index in [1.54, 1.807) is 12.1 Å². The fourth-order valence-electron chi connectivity index (χ4n) is 4.82. The Morgan fingerprint density at radius 3 is 2.29 bits per heavy atom. The van der Waals surface area contributed by atoms with E-state index in [4.69, 9.17) is 11.6 Å². The molecule has 5 heteroatoms. The van der Waals surface area contributed by atoms with E-state index in [-0.39, 0.29) is 40.9 Å². The zero-order chi connectivity index (χ0) is 14.4. The van der Waals surface area contributed by atoms with Gasteiger partial charge in [-0.1, -0.05) is 23.8 Å². The van der Waals surface area contributed by atoms with Crippen molar-refractivity contribution in [3.63, 3.8) is 0 Å². The van der Waals surface area contributed by atoms with Crippen LogP contribution in [-0.4, -0.2) is 16.8 Å². The number of anilines is 1. The quantitative estimate of drug-likeness (QED) is 0.591. The zero-order valence-electron chi connectivity index (χ0n) is 11.2. The van der Waals surface area contributed by atoms with E-state index in [0.717, 1.165) is 12.8 Å². The summed E-state index contributed by atoms with van der Waals surface area (Å²) in [4.78, 5) is 31.0. The minimum atomic E-state index is -0.184. The highest BCUT2D eigenvalue weighted by Gasteiger charge is 2.73. The Kier molecular flexibility index (Phi) is 2.02. The first kappa shape index (κ1) is 11.9. The Hall–Kier alpha value is -1.68. The van der Waals surface area contributed by atoms with Gasteiger partial charge in [0.2, 0.25) is 11.8 Å². The molecule has 2 heterocycles. The van der Waals surface area contributed by atoms with Crippen LogP contribution in [-0.2, 0) is 9.59 Å². The number of imide groups is 1. The first-order valence-corrected chi connectivity index (χ1v) is 7.69. The molecule has 2 bridgehead atoms. The van der Waals surface area contributed by atoms with E-state index < -0.39 is 0 Å². The van der Waals surface area contributed by atoms with Gasteiger partial charge in [-0.25, -0.2) is 9.88 Å². The predicted molar refractivity (Wildman–Crippen MR) is 76.5 cm³/mol. The Balaban J connectivity index is 1.59. The lowest BCUT2D eigenvalue weighted by Gasteiger charge is -2.21. The number of fused-ring (bicyclic) bond motifs is 3. The average molecular weight is 301 g/mol. The Morgan fingerprint density at radius 2 is 1.76 bits per heavy atom. The molecule has 1 saturated heterocycles. The number of pyridine rings is 1. The van der Waals surface area contributed by atoms with E-state index >= 15 is 0 Å². The van der Waals surface area contributed by atoms with Gasteiger partial charge in [-0.05, 0) is 36.2 Å². The van der Waals surface area contributed by atoms with Crippen molar-refractivity contribution in [2.24, 2.45) is 29.1 Å². The van der Waals surface area contributed by atoms with Crippen LogP contribution in [0.25, 0.3) is 0 Å². The summed E-state index contributed by atoms with van der Waals surface area (Å²) in [6, 6.07) is 3.22. The molecule has 0 radical (unpaired) electrons. The van der Waals surface area contributed by atoms with Gasteiger partial charge in [-0.2, -0.15) is 0 Å². The molecule has 2 saturated carbocycles. The standard InChI is InChI=1S/C16H13ClN2O2/c17-8-3-6-18-11(7-8)19-14(20)12-9-1-2-10(13(12)15(19)21)16(9)4-5-16/h1-3,6-7,9-10,12-13H,4-5H2. The van der Waals surface area contributed by atoms with Gasteiger partial charge in [-0.3, -0.25) is 9.59 Å². The molecule has 4 atom stereocenters. The van der Waals surface area contributed by atoms with Gasteiger partial charge in [0.05, 0.1) is 11.8 Å². The molecular weight excluding hydrogens is 288 g/mol. The summed E-state index contributed by atoms with van der Waals surface area (Å²) >= 11 is 5.96. The summed E-state index contributed by atoms with van der Waals surface area (Å²) in [6.45, 7) is 0. The Morgan fingerprint density at radius 1 is 1.14 bits per heavy atom. The number of amides is 2. The van der Waals surface area contributed by atoms with Crippen LogP contribution in [0.4, 0.5) is 5.82 Å². The number of carbonyl (C=O) groups is 2. The normalized spacial score (nSPS) is 37.7. The van der Waals surface area contributed by atoms with E-state index in [1.807, 2.05) is 0 Å². The minimum absolute atomic E-state index is 0.0945. The highest BCUT2D eigenvalue weighted by molar-refractivity contribution is 6.31. The largest absolute Gasteiger partial charge is 0.274 e. The van der Waals surface area contributed by atoms with Crippen molar-refractivity contribution in [2.45, 2.75) is 12.8 Å². The second-order valence-corrected chi connectivity index (χ2v) is 7.00. The maximum absolute atomic E-state index is 12.8. The van der Waals surface area contributed by atoms with Gasteiger partial charge in [0.25, 0.3) is 0 Å². The lowest BCUT2D eigenvalue weighted by atomic mass is 9.85. The number of halogens is 1. The molecule has 1 spiro atoms. The van der Waals surface area contributed by atoms with E-state index in [9.17, 15) is 9.59 Å². The summed E-state index contributed by atoms with van der Waals surface area (Å²) in [5, 5.41) is 0.484. The van der Waals surface area contributed by atoms with Crippen LogP contribution in [0.2, 0.25) is 5.02 Å². The number of hydrogen-bond donors (Lipinski definition) is 0. The number of rotatable bonds is 1. The van der Waals surface area contributed by atoms with Crippen molar-refractivity contribution in [1.82, 2.24) is 4.98 Å². The van der Waals surface area contributed by atoms with Crippen LogP contribution < -0.4 is 4.90 Å². The van der Waals surface area contributed by atoms with Gasteiger partial charge in [0, 0.05) is 17.3 Å². The van der Waals surface area contributed by atoms with Gasteiger partial charge >= 0.3 is 0 Å². The van der Waals surface area contributed by atoms with Crippen molar-refractivity contribution in [3.05, 3.63) is 35.5 Å². The molecule has 0 N–H and O–H groups in total. The lowest BCUT2D eigenvalue weighted by Crippen LogP contribution is -2.35. The van der Waals surface area contributed by atoms with E-state index in [0.29, 0.717) is 10.8 Å². The number of carbonyl (C=O) groups excluding carboxylic acids is 2. The summed E-state index contributed by atoms with van der Waals surface area (Å²) in [5.41, 5.74) is 0.231. The van der Waals surface area contributed by atoms with Crippen molar-refractivity contribution in [2.75, 3.05) is 4.90 Å². The molecule has 0 aromatic carbocycles. The highest BCUT2D eigenvalue weighted by atomic mass is 35.5. The summed E-state index contributed by atoms with van der Waals surface area (Å²) < 4.78 is 0. The van der Waals surface area contributed by atoms with Crippen LogP contribution in [0.15, 0.2) is 30.5 Å². The molecule has 21 heavy (non-hydrogen) atoms. The summed E-state index contributed by atoms with van der Waals surface area (Å²) in [5.74, 6) is 0.287. The van der Waals surface area contributed by atoms with Gasteiger partial charge in [0.1, 0.15) is 5.82 Å². The number of hydrogen-bond acceptors (Lipinski definition) is 3. The molecule has 1 aliphatic heterocycles. The third-order valence-corrected chi connectivity index (χ3v) is 6.02. The number of allylic oxidation sites excluding steroid dienone is 2. The molecule has 4 nitrogen and oxygen atoms in total. The van der Waals surface area contributed by atoms with Crippen molar-refractivity contribution in [1.29, 1.82) is 0 Å². The maximum Gasteiger partial charge on any atom is 0.239 e. The second kappa shape index (κ2) is 3.55. The van der Waals surface area contributed by atoms with Crippen LogP contribution >= 0.6 is 11.6 Å². The third-order valence-electron chi connectivity index (χ3n) is 5.79. The van der Waals surface area contributed by atoms with Crippen molar-refractivity contribution in [3.8, 4) is 0 Å². The minimum Gasteiger partial charge on any atom is -0.274 e. The third kappa shape index (κ3) is 1.26. The lowest BCUT2D eigenvalue weighted by molar-refractivity contribution is -0.123. The Labute approximate surface area is 126 Å². The molecule has 4 unspecified atom stereocenters. The van der Waals surface area contributed by atoms with E-state index in [1.165, 1.54) is 11.1 Å². The molecule has 4 aliphatic rings. The molecule has 1 aromatic heterocycles. The maximum atomic E-state index is 12.8. The van der Waals surface area contributed by atoms with E-state index in [2.05, 4.69) is 17.1 Å². The van der Waals surface area contributed by atoms with Crippen LogP contribution in [0.3, 0.4) is 0 Å². The van der Waals surface area contributed by atoms with Gasteiger partial charge in [0.15, 0.2) is 0 Å². The number of aromatic nitrogens is 1. The van der Waals surface area contributed by atoms with Crippen molar-refractivity contribution >= 4 is 29.2 Å². The van der Waals surface area contributed by atoms with Gasteiger partial charge in [-0.15, -0.1) is 0 Å². The molecule has 3 fully saturated rings. The predicted octanol–water partition coefficient (Wildman–Crippen LogP) is 2.44. The number of nitrogens with zero attached hydrogens (tertiary/aromatic N) is 2. The monoisotopic (exact) mass is 300 g/mol. The SMILES string of the molecule is O=C1C2C(C(=O)N1c1cc(Cl)ccn1)C1C=CC2C12CC2. The molecule has 106 valence electrons. The topological polar surface area (TPSA) is 50.3 Å². The smallest absolute Gasteiger partial charge is 0.239 e. The van der Waals surface area contributed by atoms with Crippen LogP contribution in [0.1, 0.15) is 12.8 Å². The van der Waals surface area contributed by atoms with Crippen LogP contribution in [0.5, 0.6) is 0 Å². The summed E-state index contributed by atoms with van der Waals surface area (Å²) in [7, 11) is 0. The second-order valence-electron chi connectivity index (χ2n) is 6.57. The molecule has 3 aliphatic carbocycles. The molecule has 2 amide bonds. The first-order chi connectivity index (χ1) is 10.1. The molecular formula is C16H13ClN2O2. The van der Waals surface area contributed by atoms with Crippen LogP contribution in [0, 0.1) is 29.1 Å². The van der Waals surface area contributed by atoms with Gasteiger partial charge < -0.3 is 0 Å². The Bertz CT molecular complexity index is 691. The summed E-state index contributed by atoms with van der Waals surface area (Å²) in [6.07, 6.45) is 8.16. The zero-order valence-corrected chi connectivity index (χ0v) is 12.0. The fraction of sp³-hybridized carbons (Fsp3) is 0.438.